The summed E-state index contributed by atoms with van der Waals surface area (Å²) in [7, 11) is 0. The highest BCUT2D eigenvalue weighted by Gasteiger charge is 2.17. The molecule has 0 saturated heterocycles. The average Bonchev–Trinajstić information content (AvgIpc) is 2.40. The molecule has 0 saturated carbocycles. The first-order valence-electron chi connectivity index (χ1n) is 6.04. The predicted octanol–water partition coefficient (Wildman–Crippen LogP) is 4.81. The van der Waals surface area contributed by atoms with Gasteiger partial charge in [0.1, 0.15) is 11.6 Å². The summed E-state index contributed by atoms with van der Waals surface area (Å²) in [4.78, 5) is 10.1. The molecule has 1 N–H and O–H groups in total. The van der Waals surface area contributed by atoms with E-state index in [2.05, 4.69) is 21.2 Å². The molecular formula is C14H11BrF2N2O2. The van der Waals surface area contributed by atoms with E-state index in [-0.39, 0.29) is 11.3 Å². The van der Waals surface area contributed by atoms with Gasteiger partial charge in [0.15, 0.2) is 0 Å². The van der Waals surface area contributed by atoms with Crippen molar-refractivity contribution < 1.29 is 13.7 Å². The lowest BCUT2D eigenvalue weighted by atomic mass is 10.1. The van der Waals surface area contributed by atoms with Crippen molar-refractivity contribution >= 4 is 27.3 Å². The van der Waals surface area contributed by atoms with Crippen LogP contribution < -0.4 is 5.32 Å². The van der Waals surface area contributed by atoms with Crippen molar-refractivity contribution in [2.24, 2.45) is 0 Å². The van der Waals surface area contributed by atoms with Gasteiger partial charge in [0, 0.05) is 27.9 Å². The Bertz CT molecular complexity index is 674. The number of non-ortho nitro benzene ring substituents is 1. The Hall–Kier alpha value is -2.02. The number of nitrogens with zero attached hydrogens (tertiary/aromatic N) is 1. The van der Waals surface area contributed by atoms with Crippen LogP contribution in [0, 0.1) is 21.7 Å². The highest BCUT2D eigenvalue weighted by molar-refractivity contribution is 9.10. The van der Waals surface area contributed by atoms with Gasteiger partial charge in [-0.1, -0.05) is 6.07 Å². The SMILES string of the molecule is CC(Nc1ccc([N+](=O)[O-])cc1Br)c1c(F)cccc1F. The number of benzene rings is 2. The van der Waals surface area contributed by atoms with E-state index in [4.69, 9.17) is 0 Å². The fourth-order valence-electron chi connectivity index (χ4n) is 1.96. The van der Waals surface area contributed by atoms with Crippen LogP contribution in [-0.2, 0) is 0 Å². The molecule has 2 rings (SSSR count). The first-order valence-corrected chi connectivity index (χ1v) is 6.84. The molecule has 0 aliphatic carbocycles. The van der Waals surface area contributed by atoms with Gasteiger partial charge in [-0.15, -0.1) is 0 Å². The Kier molecular flexibility index (Phi) is 4.52. The summed E-state index contributed by atoms with van der Waals surface area (Å²) in [6.45, 7) is 1.61. The molecule has 0 fully saturated rings. The molecule has 0 spiro atoms. The molecular weight excluding hydrogens is 346 g/mol. The van der Waals surface area contributed by atoms with Crippen molar-refractivity contribution in [1.29, 1.82) is 0 Å². The van der Waals surface area contributed by atoms with Crippen molar-refractivity contribution in [1.82, 2.24) is 0 Å². The normalized spacial score (nSPS) is 12.0. The largest absolute Gasteiger partial charge is 0.377 e. The number of nitrogens with one attached hydrogen (secondary N) is 1. The molecule has 1 atom stereocenters. The van der Waals surface area contributed by atoms with Gasteiger partial charge in [-0.25, -0.2) is 8.78 Å². The Labute approximate surface area is 128 Å². The van der Waals surface area contributed by atoms with E-state index in [1.165, 1.54) is 36.4 Å². The van der Waals surface area contributed by atoms with Crippen LogP contribution in [0.1, 0.15) is 18.5 Å². The first-order chi connectivity index (χ1) is 9.90. The Morgan fingerprint density at radius 1 is 1.24 bits per heavy atom. The lowest BCUT2D eigenvalue weighted by Gasteiger charge is -2.18. The van der Waals surface area contributed by atoms with Crippen molar-refractivity contribution in [2.45, 2.75) is 13.0 Å². The number of rotatable bonds is 4. The van der Waals surface area contributed by atoms with E-state index >= 15 is 0 Å². The summed E-state index contributed by atoms with van der Waals surface area (Å²) >= 11 is 3.20. The number of halogens is 3. The first kappa shape index (κ1) is 15.4. The molecule has 2 aromatic rings. The Morgan fingerprint density at radius 2 is 1.86 bits per heavy atom. The third-order valence-electron chi connectivity index (χ3n) is 2.97. The predicted molar refractivity (Wildman–Crippen MR) is 79.2 cm³/mol. The molecule has 7 heteroatoms. The molecule has 4 nitrogen and oxygen atoms in total. The summed E-state index contributed by atoms with van der Waals surface area (Å²) in [6, 6.07) is 7.15. The van der Waals surface area contributed by atoms with Crippen LogP contribution in [0.25, 0.3) is 0 Å². The third-order valence-corrected chi connectivity index (χ3v) is 3.62. The molecule has 0 radical (unpaired) electrons. The summed E-state index contributed by atoms with van der Waals surface area (Å²) < 4.78 is 27.8. The van der Waals surface area contributed by atoms with Gasteiger partial charge in [0.2, 0.25) is 0 Å². The Balaban J connectivity index is 2.28. The smallest absolute Gasteiger partial charge is 0.270 e. The van der Waals surface area contributed by atoms with E-state index in [0.717, 1.165) is 0 Å². The fourth-order valence-corrected chi connectivity index (χ4v) is 2.45. The minimum atomic E-state index is -0.645. The Morgan fingerprint density at radius 3 is 2.38 bits per heavy atom. The quantitative estimate of drug-likeness (QED) is 0.631. The molecule has 0 heterocycles. The van der Waals surface area contributed by atoms with Crippen LogP contribution in [0.3, 0.4) is 0 Å². The maximum absolute atomic E-state index is 13.7. The van der Waals surface area contributed by atoms with Crippen LogP contribution in [0.5, 0.6) is 0 Å². The van der Waals surface area contributed by atoms with Gasteiger partial charge >= 0.3 is 0 Å². The van der Waals surface area contributed by atoms with Crippen molar-refractivity contribution in [3.8, 4) is 0 Å². The highest BCUT2D eigenvalue weighted by Crippen LogP contribution is 2.31. The van der Waals surface area contributed by atoms with Crippen LogP contribution in [0.2, 0.25) is 0 Å². The molecule has 21 heavy (non-hydrogen) atoms. The van der Waals surface area contributed by atoms with Crippen LogP contribution in [-0.4, -0.2) is 4.92 Å². The van der Waals surface area contributed by atoms with Crippen molar-refractivity contribution in [2.75, 3.05) is 5.32 Å². The second-order valence-electron chi connectivity index (χ2n) is 4.42. The number of anilines is 1. The zero-order valence-electron chi connectivity index (χ0n) is 10.9. The van der Waals surface area contributed by atoms with Gasteiger partial charge in [-0.3, -0.25) is 10.1 Å². The van der Waals surface area contributed by atoms with Gasteiger partial charge in [0.05, 0.1) is 11.0 Å². The summed E-state index contributed by atoms with van der Waals surface area (Å²) in [5.41, 5.74) is 0.357. The molecule has 0 amide bonds. The van der Waals surface area contributed by atoms with Crippen molar-refractivity contribution in [3.63, 3.8) is 0 Å². The second-order valence-corrected chi connectivity index (χ2v) is 5.28. The van der Waals surface area contributed by atoms with E-state index in [1.807, 2.05) is 0 Å². The maximum atomic E-state index is 13.7. The standard InChI is InChI=1S/C14H11BrF2N2O2/c1-8(14-11(16)3-2-4-12(14)17)18-13-6-5-9(19(20)21)7-10(13)15/h2-8,18H,1H3. The maximum Gasteiger partial charge on any atom is 0.270 e. The summed E-state index contributed by atoms with van der Waals surface area (Å²) in [6.07, 6.45) is 0. The number of nitro groups is 1. The molecule has 110 valence electrons. The van der Waals surface area contributed by atoms with Crippen LogP contribution in [0.15, 0.2) is 40.9 Å². The summed E-state index contributed by atoms with van der Waals surface area (Å²) in [5, 5.41) is 13.6. The van der Waals surface area contributed by atoms with Crippen LogP contribution in [0.4, 0.5) is 20.2 Å². The summed E-state index contributed by atoms with van der Waals surface area (Å²) in [5.74, 6) is -1.29. The highest BCUT2D eigenvalue weighted by atomic mass is 79.9. The minimum absolute atomic E-state index is 0.0721. The molecule has 2 aromatic carbocycles. The molecule has 1 unspecified atom stereocenters. The zero-order valence-corrected chi connectivity index (χ0v) is 12.5. The van der Waals surface area contributed by atoms with Gasteiger partial charge in [-0.2, -0.15) is 0 Å². The molecule has 0 aliphatic heterocycles. The van der Waals surface area contributed by atoms with E-state index < -0.39 is 22.6 Å². The zero-order chi connectivity index (χ0) is 15.6. The fraction of sp³-hybridized carbons (Fsp3) is 0.143. The van der Waals surface area contributed by atoms with E-state index in [1.54, 1.807) is 6.92 Å². The second kappa shape index (κ2) is 6.17. The van der Waals surface area contributed by atoms with E-state index in [9.17, 15) is 18.9 Å². The van der Waals surface area contributed by atoms with Crippen LogP contribution >= 0.6 is 15.9 Å². The minimum Gasteiger partial charge on any atom is -0.377 e. The molecule has 0 bridgehead atoms. The lowest BCUT2D eigenvalue weighted by Crippen LogP contribution is -2.11. The van der Waals surface area contributed by atoms with Gasteiger partial charge in [-0.05, 0) is 41.1 Å². The van der Waals surface area contributed by atoms with Crippen molar-refractivity contribution in [3.05, 3.63) is 68.2 Å². The van der Waals surface area contributed by atoms with E-state index in [0.29, 0.717) is 10.2 Å². The molecule has 0 aliphatic rings. The van der Waals surface area contributed by atoms with Gasteiger partial charge in [0.25, 0.3) is 5.69 Å². The lowest BCUT2D eigenvalue weighted by molar-refractivity contribution is -0.384. The molecule has 0 aromatic heterocycles. The third kappa shape index (κ3) is 3.36. The van der Waals surface area contributed by atoms with Gasteiger partial charge < -0.3 is 5.32 Å². The number of hydrogen-bond acceptors (Lipinski definition) is 3. The number of hydrogen-bond donors (Lipinski definition) is 1. The topological polar surface area (TPSA) is 55.2 Å². The average molecular weight is 357 g/mol. The number of nitro benzene ring substituents is 1. The monoisotopic (exact) mass is 356 g/mol.